The van der Waals surface area contributed by atoms with Crippen LogP contribution in [0.5, 0.6) is 17.2 Å². The predicted octanol–water partition coefficient (Wildman–Crippen LogP) is 2.57. The molecule has 0 saturated carbocycles. The second kappa shape index (κ2) is 4.56. The molecule has 0 unspecified atom stereocenters. The average molecular weight is 207 g/mol. The summed E-state index contributed by atoms with van der Waals surface area (Å²) in [6, 6.07) is 1.76. The molecule has 0 bridgehead atoms. The first-order valence-electron chi connectivity index (χ1n) is 4.36. The first-order chi connectivity index (χ1) is 7.19. The molecule has 0 aliphatic heterocycles. The monoisotopic (exact) mass is 207 g/mol. The summed E-state index contributed by atoms with van der Waals surface area (Å²) in [6.07, 6.45) is 0. The molecular formula is C11H13NO3. The number of nitrogens with zero attached hydrogens (tertiary/aromatic N) is 1. The molecule has 0 aliphatic carbocycles. The first-order valence-corrected chi connectivity index (χ1v) is 4.36. The van der Waals surface area contributed by atoms with E-state index >= 15 is 0 Å². The van der Waals surface area contributed by atoms with Crippen LogP contribution in [-0.4, -0.2) is 21.3 Å². The second-order valence-corrected chi connectivity index (χ2v) is 2.92. The molecule has 15 heavy (non-hydrogen) atoms. The lowest BCUT2D eigenvalue weighted by atomic mass is 10.1. The number of rotatable bonds is 3. The fourth-order valence-electron chi connectivity index (χ4n) is 1.43. The molecule has 1 aromatic carbocycles. The number of benzene rings is 1. The Balaban J connectivity index is 3.53. The van der Waals surface area contributed by atoms with Gasteiger partial charge in [0, 0.05) is 0 Å². The minimum atomic E-state index is 0.336. The Morgan fingerprint density at radius 2 is 1.67 bits per heavy atom. The second-order valence-electron chi connectivity index (χ2n) is 2.92. The van der Waals surface area contributed by atoms with Gasteiger partial charge in [0.1, 0.15) is 5.75 Å². The standard InChI is InChI=1S/C11H13NO3/c1-7-6-8(13-3)9(12-2)11(15-5)10(7)14-4/h6H,1,3-5H3. The van der Waals surface area contributed by atoms with Gasteiger partial charge in [0.25, 0.3) is 5.69 Å². The summed E-state index contributed by atoms with van der Waals surface area (Å²) in [7, 11) is 4.58. The highest BCUT2D eigenvalue weighted by atomic mass is 16.5. The van der Waals surface area contributed by atoms with Gasteiger partial charge in [0.15, 0.2) is 11.5 Å². The summed E-state index contributed by atoms with van der Waals surface area (Å²) in [5, 5.41) is 0. The third kappa shape index (κ3) is 1.82. The van der Waals surface area contributed by atoms with E-state index in [1.165, 1.54) is 14.2 Å². The first kappa shape index (κ1) is 11.2. The van der Waals surface area contributed by atoms with Crippen molar-refractivity contribution in [1.82, 2.24) is 0 Å². The Kier molecular flexibility index (Phi) is 3.40. The molecule has 4 nitrogen and oxygen atoms in total. The minimum absolute atomic E-state index is 0.336. The maximum atomic E-state index is 7.08. The number of aryl methyl sites for hydroxylation is 1. The largest absolute Gasteiger partial charge is 0.508 e. The minimum Gasteiger partial charge on any atom is -0.508 e. The van der Waals surface area contributed by atoms with Crippen molar-refractivity contribution in [1.29, 1.82) is 0 Å². The molecule has 0 N–H and O–H groups in total. The summed E-state index contributed by atoms with van der Waals surface area (Å²) < 4.78 is 15.5. The normalized spacial score (nSPS) is 9.27. The lowest BCUT2D eigenvalue weighted by molar-refractivity contribution is 0.349. The van der Waals surface area contributed by atoms with Gasteiger partial charge in [-0.05, 0) is 18.6 Å². The smallest absolute Gasteiger partial charge is 0.272 e. The van der Waals surface area contributed by atoms with Crippen LogP contribution in [-0.2, 0) is 0 Å². The number of hydrogen-bond acceptors (Lipinski definition) is 3. The zero-order valence-corrected chi connectivity index (χ0v) is 9.25. The van der Waals surface area contributed by atoms with E-state index in [0.717, 1.165) is 5.56 Å². The molecule has 4 heteroatoms. The van der Waals surface area contributed by atoms with Gasteiger partial charge in [0.2, 0.25) is 0 Å². The molecule has 1 aromatic rings. The van der Waals surface area contributed by atoms with Gasteiger partial charge in [-0.25, -0.2) is 4.85 Å². The molecule has 0 fully saturated rings. The molecule has 0 radical (unpaired) electrons. The van der Waals surface area contributed by atoms with Crippen LogP contribution in [0.4, 0.5) is 5.69 Å². The Morgan fingerprint density at radius 3 is 2.07 bits per heavy atom. The molecule has 0 atom stereocenters. The molecule has 80 valence electrons. The zero-order valence-electron chi connectivity index (χ0n) is 9.25. The molecule has 0 amide bonds. The van der Waals surface area contributed by atoms with E-state index in [-0.39, 0.29) is 0 Å². The van der Waals surface area contributed by atoms with E-state index < -0.39 is 0 Å². The van der Waals surface area contributed by atoms with E-state index in [2.05, 4.69) is 4.85 Å². The Labute approximate surface area is 89.2 Å². The van der Waals surface area contributed by atoms with Crippen LogP contribution >= 0.6 is 0 Å². The van der Waals surface area contributed by atoms with E-state index in [1.807, 2.05) is 6.92 Å². The third-order valence-electron chi connectivity index (χ3n) is 2.10. The van der Waals surface area contributed by atoms with Gasteiger partial charge in [-0.15, -0.1) is 0 Å². The van der Waals surface area contributed by atoms with Gasteiger partial charge in [-0.1, -0.05) is 0 Å². The van der Waals surface area contributed by atoms with Crippen molar-refractivity contribution in [3.8, 4) is 17.2 Å². The third-order valence-corrected chi connectivity index (χ3v) is 2.10. The maximum Gasteiger partial charge on any atom is 0.272 e. The van der Waals surface area contributed by atoms with Crippen molar-refractivity contribution in [2.24, 2.45) is 0 Å². The van der Waals surface area contributed by atoms with E-state index in [4.69, 9.17) is 20.8 Å². The summed E-state index contributed by atoms with van der Waals surface area (Å²) in [4.78, 5) is 3.38. The maximum absolute atomic E-state index is 7.08. The molecule has 1 rings (SSSR count). The number of hydrogen-bond donors (Lipinski definition) is 0. The fraction of sp³-hybridized carbons (Fsp3) is 0.364. The molecular weight excluding hydrogens is 194 g/mol. The van der Waals surface area contributed by atoms with Gasteiger partial charge in [0.05, 0.1) is 27.9 Å². The van der Waals surface area contributed by atoms with Crippen LogP contribution in [0.25, 0.3) is 4.85 Å². The Bertz CT molecular complexity index is 407. The Morgan fingerprint density at radius 1 is 1.07 bits per heavy atom. The van der Waals surface area contributed by atoms with Crippen molar-refractivity contribution in [2.45, 2.75) is 6.92 Å². The number of ether oxygens (including phenoxy) is 3. The van der Waals surface area contributed by atoms with E-state index in [9.17, 15) is 0 Å². The summed E-state index contributed by atoms with van der Waals surface area (Å²) >= 11 is 0. The van der Waals surface area contributed by atoms with Crippen molar-refractivity contribution in [3.63, 3.8) is 0 Å². The van der Waals surface area contributed by atoms with Gasteiger partial charge >= 0.3 is 0 Å². The lowest BCUT2D eigenvalue weighted by Gasteiger charge is -2.14. The van der Waals surface area contributed by atoms with E-state index in [0.29, 0.717) is 22.9 Å². The van der Waals surface area contributed by atoms with Gasteiger partial charge < -0.3 is 14.2 Å². The van der Waals surface area contributed by atoms with Crippen molar-refractivity contribution >= 4 is 5.69 Å². The van der Waals surface area contributed by atoms with E-state index in [1.54, 1.807) is 13.2 Å². The highest BCUT2D eigenvalue weighted by Crippen LogP contribution is 2.46. The van der Waals surface area contributed by atoms with Gasteiger partial charge in [-0.2, -0.15) is 0 Å². The van der Waals surface area contributed by atoms with Crippen LogP contribution in [0.3, 0.4) is 0 Å². The lowest BCUT2D eigenvalue weighted by Crippen LogP contribution is -1.95. The van der Waals surface area contributed by atoms with Crippen LogP contribution in [0.1, 0.15) is 5.56 Å². The fourth-order valence-corrected chi connectivity index (χ4v) is 1.43. The summed E-state index contributed by atoms with van der Waals surface area (Å²) in [5.74, 6) is 1.49. The van der Waals surface area contributed by atoms with Crippen LogP contribution in [0.2, 0.25) is 0 Å². The average Bonchev–Trinajstić information content (AvgIpc) is 2.27. The number of methoxy groups -OCH3 is 3. The zero-order chi connectivity index (χ0) is 11.4. The highest BCUT2D eigenvalue weighted by molar-refractivity contribution is 5.74. The molecule has 0 saturated heterocycles. The predicted molar refractivity (Wildman–Crippen MR) is 57.1 cm³/mol. The van der Waals surface area contributed by atoms with Crippen LogP contribution < -0.4 is 14.2 Å². The van der Waals surface area contributed by atoms with Crippen molar-refractivity contribution in [3.05, 3.63) is 23.0 Å². The van der Waals surface area contributed by atoms with Crippen molar-refractivity contribution in [2.75, 3.05) is 21.3 Å². The Hall–Kier alpha value is -1.89. The SMILES string of the molecule is [C-]#[N+]c1c(OC)cc(C)c(OC)c1OC. The topological polar surface area (TPSA) is 32.0 Å². The molecule has 0 aliphatic rings. The van der Waals surface area contributed by atoms with Crippen molar-refractivity contribution < 1.29 is 14.2 Å². The van der Waals surface area contributed by atoms with Crippen LogP contribution in [0.15, 0.2) is 6.07 Å². The summed E-state index contributed by atoms with van der Waals surface area (Å²) in [5.41, 5.74) is 1.21. The van der Waals surface area contributed by atoms with Gasteiger partial charge in [-0.3, -0.25) is 0 Å². The quantitative estimate of drug-likeness (QED) is 0.714. The molecule has 0 aromatic heterocycles. The summed E-state index contributed by atoms with van der Waals surface area (Å²) in [6.45, 7) is 8.96. The highest BCUT2D eigenvalue weighted by Gasteiger charge is 2.18. The molecule has 0 spiro atoms. The molecule has 0 heterocycles. The van der Waals surface area contributed by atoms with Crippen LogP contribution in [0, 0.1) is 13.5 Å².